The van der Waals surface area contributed by atoms with Crippen molar-refractivity contribution >= 4 is 27.4 Å². The molecule has 5 aromatic carbocycles. The predicted octanol–water partition coefficient (Wildman–Crippen LogP) is 8.00. The van der Waals surface area contributed by atoms with Crippen LogP contribution in [0.4, 0.5) is 0 Å². The van der Waals surface area contributed by atoms with Gasteiger partial charge in [0.2, 0.25) is 9.84 Å². The van der Waals surface area contributed by atoms with Crippen molar-refractivity contribution in [2.24, 2.45) is 0 Å². The van der Waals surface area contributed by atoms with Gasteiger partial charge in [-0.3, -0.25) is 4.90 Å². The fourth-order valence-corrected chi connectivity index (χ4v) is 6.87. The van der Waals surface area contributed by atoms with E-state index in [1.165, 1.54) is 18.2 Å². The van der Waals surface area contributed by atoms with Gasteiger partial charge >= 0.3 is 5.97 Å². The van der Waals surface area contributed by atoms with Gasteiger partial charge in [0.25, 0.3) is 0 Å². The molecule has 0 aromatic heterocycles. The average Bonchev–Trinajstić information content (AvgIpc) is 3.08. The zero-order valence-electron chi connectivity index (χ0n) is 25.9. The Labute approximate surface area is 280 Å². The number of halogens is 1. The van der Waals surface area contributed by atoms with Gasteiger partial charge in [0.1, 0.15) is 17.1 Å². The number of nitrogens with zero attached hydrogens (tertiary/aromatic N) is 1. The third-order valence-corrected chi connectivity index (χ3v) is 9.91. The normalized spacial score (nSPS) is 12.2. The van der Waals surface area contributed by atoms with E-state index >= 15 is 0 Å². The molecule has 0 aliphatic heterocycles. The molecule has 0 aliphatic carbocycles. The molecule has 242 valence electrons. The molecule has 47 heavy (non-hydrogen) atoms. The molecule has 0 aliphatic rings. The smallest absolute Gasteiger partial charge is 0.339 e. The van der Waals surface area contributed by atoms with E-state index in [2.05, 4.69) is 4.90 Å². The van der Waals surface area contributed by atoms with Gasteiger partial charge in [0.15, 0.2) is 0 Å². The topological polar surface area (TPSA) is 104 Å². The van der Waals surface area contributed by atoms with E-state index in [1.54, 1.807) is 60.7 Å². The van der Waals surface area contributed by atoms with Crippen molar-refractivity contribution in [1.29, 1.82) is 0 Å². The maximum absolute atomic E-state index is 13.6. The molecule has 0 radical (unpaired) electrons. The molecule has 5 rings (SSSR count). The molecule has 0 bridgehead atoms. The summed E-state index contributed by atoms with van der Waals surface area (Å²) in [6, 6.07) is 35.0. The highest BCUT2D eigenvalue weighted by Crippen LogP contribution is 2.32. The van der Waals surface area contributed by atoms with Crippen LogP contribution in [0.1, 0.15) is 45.6 Å². The summed E-state index contributed by atoms with van der Waals surface area (Å²) in [5.41, 5.74) is 3.53. The molecule has 0 saturated carbocycles. The minimum Gasteiger partial charge on any atom is -0.478 e. The van der Waals surface area contributed by atoms with E-state index in [9.17, 15) is 23.4 Å². The summed E-state index contributed by atoms with van der Waals surface area (Å²) in [6.07, 6.45) is 0.463. The number of benzene rings is 5. The summed E-state index contributed by atoms with van der Waals surface area (Å²) >= 11 is 6.15. The molecular formula is C38H36ClNO6S. The summed E-state index contributed by atoms with van der Waals surface area (Å²) < 4.78 is 33.2. The third-order valence-electron chi connectivity index (χ3n) is 7.91. The highest BCUT2D eigenvalue weighted by Gasteiger charge is 2.21. The monoisotopic (exact) mass is 669 g/mol. The van der Waals surface area contributed by atoms with Crippen LogP contribution in [0, 0.1) is 0 Å². The largest absolute Gasteiger partial charge is 0.478 e. The Kier molecular flexibility index (Phi) is 11.1. The predicted molar refractivity (Wildman–Crippen MR) is 183 cm³/mol. The second-order valence-corrected chi connectivity index (χ2v) is 13.6. The fraction of sp³-hybridized carbons (Fsp3) is 0.184. The lowest BCUT2D eigenvalue weighted by atomic mass is 10.1. The number of ether oxygens (including phenoxy) is 1. The summed E-state index contributed by atoms with van der Waals surface area (Å²) in [7, 11) is -3.89. The van der Waals surface area contributed by atoms with Crippen molar-refractivity contribution in [3.05, 3.63) is 154 Å². The highest BCUT2D eigenvalue weighted by atomic mass is 35.5. The molecule has 5 aromatic rings. The first-order valence-electron chi connectivity index (χ1n) is 15.3. The third kappa shape index (κ3) is 8.67. The van der Waals surface area contributed by atoms with E-state index in [0.29, 0.717) is 43.1 Å². The minimum atomic E-state index is -3.89. The van der Waals surface area contributed by atoms with Crippen molar-refractivity contribution in [3.8, 4) is 11.5 Å². The van der Waals surface area contributed by atoms with Crippen molar-refractivity contribution < 1.29 is 28.2 Å². The van der Waals surface area contributed by atoms with E-state index < -0.39 is 21.9 Å². The van der Waals surface area contributed by atoms with E-state index in [4.69, 9.17) is 16.3 Å². The van der Waals surface area contributed by atoms with Gasteiger partial charge in [-0.25, -0.2) is 13.2 Å². The molecule has 0 amide bonds. The van der Waals surface area contributed by atoms with Crippen LogP contribution in [-0.4, -0.2) is 42.6 Å². The summed E-state index contributed by atoms with van der Waals surface area (Å²) in [6.45, 7) is 3.57. The van der Waals surface area contributed by atoms with Gasteiger partial charge in [-0.2, -0.15) is 0 Å². The zero-order chi connectivity index (χ0) is 33.4. The van der Waals surface area contributed by atoms with Crippen LogP contribution < -0.4 is 4.74 Å². The van der Waals surface area contributed by atoms with Crippen LogP contribution in [0.3, 0.4) is 0 Å². The van der Waals surface area contributed by atoms with Gasteiger partial charge in [0.05, 0.1) is 15.9 Å². The van der Waals surface area contributed by atoms with Gasteiger partial charge in [0, 0.05) is 24.7 Å². The van der Waals surface area contributed by atoms with Crippen LogP contribution >= 0.6 is 11.6 Å². The Hall–Kier alpha value is -4.47. The van der Waals surface area contributed by atoms with Crippen LogP contribution in [0.25, 0.3) is 0 Å². The lowest BCUT2D eigenvalue weighted by Crippen LogP contribution is -2.30. The molecule has 0 spiro atoms. The Morgan fingerprint density at radius 1 is 0.830 bits per heavy atom. The Morgan fingerprint density at radius 2 is 1.55 bits per heavy atom. The first-order chi connectivity index (χ1) is 22.6. The lowest BCUT2D eigenvalue weighted by molar-refractivity contribution is 0.0694. The van der Waals surface area contributed by atoms with Gasteiger partial charge in [-0.15, -0.1) is 0 Å². The second-order valence-electron chi connectivity index (χ2n) is 11.2. The molecule has 2 N–H and O–H groups in total. The number of carboxylic acid groups (broad SMARTS) is 1. The van der Waals surface area contributed by atoms with Crippen molar-refractivity contribution in [1.82, 2.24) is 4.90 Å². The zero-order valence-corrected chi connectivity index (χ0v) is 27.5. The van der Waals surface area contributed by atoms with E-state index in [0.717, 1.165) is 16.7 Å². The molecular weight excluding hydrogens is 634 g/mol. The number of aliphatic hydroxyl groups excluding tert-OH is 1. The number of aryl methyl sites for hydroxylation is 1. The summed E-state index contributed by atoms with van der Waals surface area (Å²) in [5.74, 6) is -0.702. The number of rotatable bonds is 14. The molecule has 1 unspecified atom stereocenters. The second kappa shape index (κ2) is 15.4. The average molecular weight is 670 g/mol. The maximum Gasteiger partial charge on any atom is 0.339 e. The van der Waals surface area contributed by atoms with E-state index in [-0.39, 0.29) is 26.9 Å². The van der Waals surface area contributed by atoms with Crippen LogP contribution in [0.5, 0.6) is 11.5 Å². The number of hydrogen-bond acceptors (Lipinski definition) is 6. The number of aliphatic hydroxyl groups is 1. The molecule has 7 nitrogen and oxygen atoms in total. The number of sulfone groups is 1. The SMILES string of the molecule is CCc1cccc(C(=O)O)c1Oc1cccc(S(=O)(=O)c2ccc(CCN(Cc3ccccc3)CC(O)c3cccc(Cl)c3)cc2)c1. The quantitative estimate of drug-likeness (QED) is 0.123. The van der Waals surface area contributed by atoms with Crippen molar-refractivity contribution in [2.45, 2.75) is 42.2 Å². The number of carbonyl (C=O) groups is 1. The highest BCUT2D eigenvalue weighted by molar-refractivity contribution is 7.91. The number of carboxylic acids is 1. The van der Waals surface area contributed by atoms with E-state index in [1.807, 2.05) is 49.4 Å². The van der Waals surface area contributed by atoms with Gasteiger partial charge in [-0.1, -0.05) is 91.3 Å². The van der Waals surface area contributed by atoms with Crippen LogP contribution in [0.15, 0.2) is 131 Å². The molecule has 1 atom stereocenters. The lowest BCUT2D eigenvalue weighted by Gasteiger charge is -2.25. The molecule has 9 heteroatoms. The van der Waals surface area contributed by atoms with Crippen LogP contribution in [0.2, 0.25) is 5.02 Å². The van der Waals surface area contributed by atoms with Crippen molar-refractivity contribution in [3.63, 3.8) is 0 Å². The minimum absolute atomic E-state index is 0.00880. The number of hydrogen-bond donors (Lipinski definition) is 2. The van der Waals surface area contributed by atoms with Crippen LogP contribution in [-0.2, 0) is 29.2 Å². The Balaban J connectivity index is 1.30. The van der Waals surface area contributed by atoms with Gasteiger partial charge < -0.3 is 14.9 Å². The number of aromatic carboxylic acids is 1. The standard InChI is InChI=1S/C38H36ClNO6S/c1-2-29-11-7-16-35(38(42)43)37(29)46-32-14-8-15-34(24-32)47(44,45)33-19-17-27(18-20-33)21-22-40(25-28-9-4-3-5-10-28)26-36(41)30-12-6-13-31(39)23-30/h3-20,23-24,36,41H,2,21-22,25-26H2,1H3,(H,42,43). The first-order valence-corrected chi connectivity index (χ1v) is 17.2. The molecule has 0 saturated heterocycles. The Bertz CT molecular complexity index is 1930. The first kappa shape index (κ1) is 33.9. The molecule has 0 fully saturated rings. The van der Waals surface area contributed by atoms with Crippen molar-refractivity contribution in [2.75, 3.05) is 13.1 Å². The number of para-hydroxylation sites is 1. The molecule has 0 heterocycles. The summed E-state index contributed by atoms with van der Waals surface area (Å²) in [4.78, 5) is 14.2. The fourth-order valence-electron chi connectivity index (χ4n) is 5.37. The summed E-state index contributed by atoms with van der Waals surface area (Å²) in [5, 5.41) is 21.2. The Morgan fingerprint density at radius 3 is 2.26 bits per heavy atom. The van der Waals surface area contributed by atoms with Gasteiger partial charge in [-0.05, 0) is 83.6 Å². The maximum atomic E-state index is 13.6.